The van der Waals surface area contributed by atoms with E-state index in [2.05, 4.69) is 28.4 Å². The highest BCUT2D eigenvalue weighted by atomic mass is 16.5. The number of amides is 2. The lowest BCUT2D eigenvalue weighted by Gasteiger charge is -2.32. The van der Waals surface area contributed by atoms with Crippen LogP contribution < -0.4 is 10.1 Å². The molecule has 1 saturated heterocycles. The van der Waals surface area contributed by atoms with E-state index in [1.807, 2.05) is 59.3 Å². The number of carbonyl (C=O) groups excluding carboxylic acids is 2. The number of ether oxygens (including phenoxy) is 1. The number of anilines is 1. The van der Waals surface area contributed by atoms with Crippen molar-refractivity contribution in [3.8, 4) is 22.8 Å². The van der Waals surface area contributed by atoms with Crippen molar-refractivity contribution in [2.24, 2.45) is 0 Å². The topological polar surface area (TPSA) is 102 Å². The van der Waals surface area contributed by atoms with Gasteiger partial charge in [0.1, 0.15) is 29.3 Å². The summed E-state index contributed by atoms with van der Waals surface area (Å²) in [6, 6.07) is 17.0. The quantitative estimate of drug-likeness (QED) is 0.372. The minimum Gasteiger partial charge on any atom is -0.457 e. The Hall–Kier alpha value is -4.79. The first-order valence-electron chi connectivity index (χ1n) is 12.0. The van der Waals surface area contributed by atoms with Crippen molar-refractivity contribution in [2.45, 2.75) is 18.9 Å². The number of carbonyl (C=O) groups is 2. The number of fused-ring (bicyclic) bond motifs is 1. The van der Waals surface area contributed by atoms with Gasteiger partial charge in [-0.15, -0.1) is 0 Å². The van der Waals surface area contributed by atoms with Crippen LogP contribution in [0.3, 0.4) is 0 Å². The maximum atomic E-state index is 12.3. The molecule has 9 heteroatoms. The number of rotatable bonds is 7. The molecule has 0 spiro atoms. The van der Waals surface area contributed by atoms with E-state index in [-0.39, 0.29) is 17.9 Å². The summed E-state index contributed by atoms with van der Waals surface area (Å²) in [4.78, 5) is 35.1. The number of nitrogens with zero attached hydrogens (tertiary/aromatic N) is 5. The van der Waals surface area contributed by atoms with Crippen LogP contribution in [0.15, 0.2) is 86.2 Å². The highest BCUT2D eigenvalue weighted by molar-refractivity contribution is 6.07. The van der Waals surface area contributed by atoms with Gasteiger partial charge in [-0.2, -0.15) is 5.10 Å². The molecule has 1 aliphatic rings. The van der Waals surface area contributed by atoms with Crippen LogP contribution in [0.25, 0.3) is 22.3 Å². The van der Waals surface area contributed by atoms with Crippen LogP contribution in [0.2, 0.25) is 0 Å². The normalized spacial score (nSPS) is 15.2. The minimum atomic E-state index is -0.384. The number of hydrogen-bond donors (Lipinski definition) is 1. The SMILES string of the molecule is C=CC(=O)Nc1ncnc2c1c(-c1ccc(Oc3ccccc3)cc1)nn2[C@H]1CCCN(C(=O)C=C)C1. The van der Waals surface area contributed by atoms with Gasteiger partial charge in [-0.05, 0) is 61.4 Å². The molecule has 186 valence electrons. The summed E-state index contributed by atoms with van der Waals surface area (Å²) in [7, 11) is 0. The molecule has 0 radical (unpaired) electrons. The van der Waals surface area contributed by atoms with E-state index >= 15 is 0 Å². The van der Waals surface area contributed by atoms with Gasteiger partial charge in [-0.3, -0.25) is 9.59 Å². The molecule has 3 heterocycles. The highest BCUT2D eigenvalue weighted by Gasteiger charge is 2.28. The fourth-order valence-electron chi connectivity index (χ4n) is 4.48. The summed E-state index contributed by atoms with van der Waals surface area (Å²) in [6.07, 6.45) is 5.58. The molecule has 1 atom stereocenters. The van der Waals surface area contributed by atoms with Gasteiger partial charge in [0.05, 0.1) is 11.4 Å². The lowest BCUT2D eigenvalue weighted by atomic mass is 10.1. The molecular weight excluding hydrogens is 468 g/mol. The van der Waals surface area contributed by atoms with Crippen LogP contribution in [0.5, 0.6) is 11.5 Å². The number of likely N-dealkylation sites (tertiary alicyclic amines) is 1. The zero-order chi connectivity index (χ0) is 25.8. The van der Waals surface area contributed by atoms with E-state index < -0.39 is 0 Å². The Labute approximate surface area is 214 Å². The van der Waals surface area contributed by atoms with Gasteiger partial charge in [0, 0.05) is 18.7 Å². The lowest BCUT2D eigenvalue weighted by Crippen LogP contribution is -2.40. The molecule has 5 rings (SSSR count). The second kappa shape index (κ2) is 10.4. The van der Waals surface area contributed by atoms with E-state index in [9.17, 15) is 9.59 Å². The molecule has 9 nitrogen and oxygen atoms in total. The third-order valence-corrected chi connectivity index (χ3v) is 6.25. The summed E-state index contributed by atoms with van der Waals surface area (Å²) < 4.78 is 7.77. The number of piperidine rings is 1. The zero-order valence-corrected chi connectivity index (χ0v) is 20.2. The van der Waals surface area contributed by atoms with Gasteiger partial charge in [-0.25, -0.2) is 14.6 Å². The fraction of sp³-hybridized carbons (Fsp3) is 0.179. The Bertz CT molecular complexity index is 1460. The van der Waals surface area contributed by atoms with Crippen molar-refractivity contribution in [2.75, 3.05) is 18.4 Å². The van der Waals surface area contributed by atoms with Crippen LogP contribution in [0.1, 0.15) is 18.9 Å². The smallest absolute Gasteiger partial charge is 0.248 e. The molecule has 2 amide bonds. The zero-order valence-electron chi connectivity index (χ0n) is 20.2. The predicted molar refractivity (Wildman–Crippen MR) is 141 cm³/mol. The molecule has 0 bridgehead atoms. The Morgan fingerprint density at radius 2 is 1.76 bits per heavy atom. The minimum absolute atomic E-state index is 0.0903. The first-order valence-corrected chi connectivity index (χ1v) is 12.0. The maximum absolute atomic E-state index is 12.3. The molecule has 0 aliphatic carbocycles. The van der Waals surface area contributed by atoms with Gasteiger partial charge in [0.25, 0.3) is 0 Å². The molecule has 0 unspecified atom stereocenters. The maximum Gasteiger partial charge on any atom is 0.248 e. The monoisotopic (exact) mass is 494 g/mol. The summed E-state index contributed by atoms with van der Waals surface area (Å²) in [5.41, 5.74) is 2.00. The predicted octanol–water partition coefficient (Wildman–Crippen LogP) is 4.76. The Balaban J connectivity index is 1.56. The van der Waals surface area contributed by atoms with E-state index in [0.29, 0.717) is 41.4 Å². The van der Waals surface area contributed by atoms with Crippen LogP contribution in [-0.2, 0) is 9.59 Å². The van der Waals surface area contributed by atoms with E-state index in [4.69, 9.17) is 9.84 Å². The molecule has 1 N–H and O–H groups in total. The second-order valence-electron chi connectivity index (χ2n) is 8.63. The summed E-state index contributed by atoms with van der Waals surface area (Å²) >= 11 is 0. The van der Waals surface area contributed by atoms with E-state index in [1.165, 1.54) is 18.5 Å². The van der Waals surface area contributed by atoms with Gasteiger partial charge in [-0.1, -0.05) is 31.4 Å². The van der Waals surface area contributed by atoms with Gasteiger partial charge in [0.15, 0.2) is 5.65 Å². The standard InChI is InChI=1S/C28H26N6O3/c1-3-23(35)31-27-25-26(19-12-14-22(15-13-19)37-21-10-6-5-7-11-21)32-34(28(25)30-18-29-27)20-9-8-16-33(17-20)24(36)4-2/h3-7,10-15,18,20H,1-2,8-9,16-17H2,(H,29,30,31,35)/t20-/m0/s1. The lowest BCUT2D eigenvalue weighted by molar-refractivity contribution is -0.127. The number of aromatic nitrogens is 4. The Kier molecular flexibility index (Phi) is 6.76. The van der Waals surface area contributed by atoms with Crippen molar-refractivity contribution in [1.29, 1.82) is 0 Å². The van der Waals surface area contributed by atoms with Crippen molar-refractivity contribution < 1.29 is 14.3 Å². The average molecular weight is 495 g/mol. The van der Waals surface area contributed by atoms with Crippen molar-refractivity contribution >= 4 is 28.7 Å². The molecule has 37 heavy (non-hydrogen) atoms. The first kappa shape index (κ1) is 23.9. The number of nitrogens with one attached hydrogen (secondary N) is 1. The molecule has 0 saturated carbocycles. The molecule has 2 aromatic heterocycles. The van der Waals surface area contributed by atoms with Gasteiger partial charge < -0.3 is 15.0 Å². The van der Waals surface area contributed by atoms with Crippen LogP contribution >= 0.6 is 0 Å². The third kappa shape index (κ3) is 4.97. The van der Waals surface area contributed by atoms with Crippen LogP contribution in [-0.4, -0.2) is 49.6 Å². The second-order valence-corrected chi connectivity index (χ2v) is 8.63. The molecule has 1 aliphatic heterocycles. The van der Waals surface area contributed by atoms with Gasteiger partial charge >= 0.3 is 0 Å². The summed E-state index contributed by atoms with van der Waals surface area (Å²) in [5.74, 6) is 1.27. The molecular formula is C28H26N6O3. The average Bonchev–Trinajstić information content (AvgIpc) is 3.34. The van der Waals surface area contributed by atoms with Crippen LogP contribution in [0.4, 0.5) is 5.82 Å². The molecule has 4 aromatic rings. The highest BCUT2D eigenvalue weighted by Crippen LogP contribution is 2.35. The number of para-hydroxylation sites is 1. The summed E-state index contributed by atoms with van der Waals surface area (Å²) in [6.45, 7) is 8.31. The van der Waals surface area contributed by atoms with Crippen molar-refractivity contribution in [1.82, 2.24) is 24.6 Å². The van der Waals surface area contributed by atoms with E-state index in [1.54, 1.807) is 4.90 Å². The molecule has 1 fully saturated rings. The van der Waals surface area contributed by atoms with Crippen molar-refractivity contribution in [3.05, 3.63) is 86.2 Å². The van der Waals surface area contributed by atoms with Crippen molar-refractivity contribution in [3.63, 3.8) is 0 Å². The van der Waals surface area contributed by atoms with Gasteiger partial charge in [0.2, 0.25) is 11.8 Å². The van der Waals surface area contributed by atoms with Crippen LogP contribution in [0, 0.1) is 0 Å². The number of benzene rings is 2. The third-order valence-electron chi connectivity index (χ3n) is 6.25. The first-order chi connectivity index (χ1) is 18.1. The fourth-order valence-corrected chi connectivity index (χ4v) is 4.48. The largest absolute Gasteiger partial charge is 0.457 e. The Morgan fingerprint density at radius 1 is 1.00 bits per heavy atom. The summed E-state index contributed by atoms with van der Waals surface area (Å²) in [5, 5.41) is 8.33. The Morgan fingerprint density at radius 3 is 2.49 bits per heavy atom. The molecule has 2 aromatic carbocycles. The number of hydrogen-bond acceptors (Lipinski definition) is 6. The van der Waals surface area contributed by atoms with E-state index in [0.717, 1.165) is 24.2 Å².